The molecule has 1 aromatic carbocycles. The zero-order chi connectivity index (χ0) is 15.3. The Morgan fingerprint density at radius 2 is 1.95 bits per heavy atom. The lowest BCUT2D eigenvalue weighted by molar-refractivity contribution is 0.580. The third kappa shape index (κ3) is 4.13. The fraction of sp³-hybridized carbons (Fsp3) is 0.357. The molecule has 0 radical (unpaired) electrons. The molecule has 2 rings (SSSR count). The molecule has 1 heterocycles. The standard InChI is InChI=1S/C14H20N4O2S/c1-15-11-12-3-5-13(6-4-12)21(19,20)17-8-7-14-16-9-10-18(14)2/h3-6,9-10,15,17H,7-8,11H2,1-2H3. The van der Waals surface area contributed by atoms with E-state index in [1.54, 1.807) is 18.3 Å². The summed E-state index contributed by atoms with van der Waals surface area (Å²) in [6, 6.07) is 6.86. The summed E-state index contributed by atoms with van der Waals surface area (Å²) < 4.78 is 28.8. The molecule has 0 amide bonds. The van der Waals surface area contributed by atoms with Crippen molar-refractivity contribution in [2.75, 3.05) is 13.6 Å². The molecule has 2 aromatic rings. The Morgan fingerprint density at radius 1 is 1.24 bits per heavy atom. The van der Waals surface area contributed by atoms with Crippen LogP contribution in [0.1, 0.15) is 11.4 Å². The predicted molar refractivity (Wildman–Crippen MR) is 81.3 cm³/mol. The highest BCUT2D eigenvalue weighted by Crippen LogP contribution is 2.10. The summed E-state index contributed by atoms with van der Waals surface area (Å²) in [6.07, 6.45) is 4.09. The van der Waals surface area contributed by atoms with Gasteiger partial charge in [-0.15, -0.1) is 0 Å². The van der Waals surface area contributed by atoms with E-state index in [1.807, 2.05) is 37.0 Å². The summed E-state index contributed by atoms with van der Waals surface area (Å²) in [4.78, 5) is 4.44. The molecule has 0 aliphatic heterocycles. The highest BCUT2D eigenvalue weighted by atomic mass is 32.2. The number of benzene rings is 1. The molecule has 6 nitrogen and oxygen atoms in total. The van der Waals surface area contributed by atoms with Crippen LogP contribution in [0.15, 0.2) is 41.6 Å². The van der Waals surface area contributed by atoms with Gasteiger partial charge in [0, 0.05) is 39.0 Å². The molecule has 0 aliphatic carbocycles. The maximum atomic E-state index is 12.2. The van der Waals surface area contributed by atoms with Crippen molar-refractivity contribution in [1.29, 1.82) is 0 Å². The highest BCUT2D eigenvalue weighted by Gasteiger charge is 2.13. The zero-order valence-electron chi connectivity index (χ0n) is 12.2. The van der Waals surface area contributed by atoms with Gasteiger partial charge in [0.1, 0.15) is 5.82 Å². The molecular formula is C14H20N4O2S. The minimum atomic E-state index is -3.47. The van der Waals surface area contributed by atoms with Crippen LogP contribution in [-0.2, 0) is 30.0 Å². The molecule has 0 saturated heterocycles. The van der Waals surface area contributed by atoms with E-state index >= 15 is 0 Å². The van der Waals surface area contributed by atoms with E-state index in [0.717, 1.165) is 11.4 Å². The Labute approximate surface area is 125 Å². The smallest absolute Gasteiger partial charge is 0.240 e. The van der Waals surface area contributed by atoms with Crippen molar-refractivity contribution in [1.82, 2.24) is 19.6 Å². The molecule has 1 aromatic heterocycles. The predicted octanol–water partition coefficient (Wildman–Crippen LogP) is 0.660. The molecular weight excluding hydrogens is 288 g/mol. The quantitative estimate of drug-likeness (QED) is 0.788. The van der Waals surface area contributed by atoms with E-state index in [-0.39, 0.29) is 4.90 Å². The van der Waals surface area contributed by atoms with Crippen LogP contribution in [0.2, 0.25) is 0 Å². The first kappa shape index (κ1) is 15.7. The fourth-order valence-electron chi connectivity index (χ4n) is 2.01. The Kier molecular flexibility index (Phi) is 5.11. The topological polar surface area (TPSA) is 76.0 Å². The van der Waals surface area contributed by atoms with Crippen molar-refractivity contribution in [2.24, 2.45) is 7.05 Å². The van der Waals surface area contributed by atoms with E-state index < -0.39 is 10.0 Å². The van der Waals surface area contributed by atoms with Gasteiger partial charge in [-0.1, -0.05) is 12.1 Å². The number of imidazole rings is 1. The maximum Gasteiger partial charge on any atom is 0.240 e. The molecule has 21 heavy (non-hydrogen) atoms. The first-order chi connectivity index (χ1) is 10.0. The number of aromatic nitrogens is 2. The lowest BCUT2D eigenvalue weighted by atomic mass is 10.2. The van der Waals surface area contributed by atoms with Crippen LogP contribution in [0, 0.1) is 0 Å². The van der Waals surface area contributed by atoms with Crippen LogP contribution in [0.3, 0.4) is 0 Å². The molecule has 0 spiro atoms. The molecule has 2 N–H and O–H groups in total. The van der Waals surface area contributed by atoms with Gasteiger partial charge in [0.05, 0.1) is 4.90 Å². The molecule has 0 aliphatic rings. The molecule has 0 unspecified atom stereocenters. The van der Waals surface area contributed by atoms with Crippen molar-refractivity contribution in [3.8, 4) is 0 Å². The van der Waals surface area contributed by atoms with Crippen LogP contribution in [0.4, 0.5) is 0 Å². The molecule has 0 saturated carbocycles. The number of nitrogens with one attached hydrogen (secondary N) is 2. The third-order valence-corrected chi connectivity index (χ3v) is 4.65. The Balaban J connectivity index is 1.96. The lowest BCUT2D eigenvalue weighted by Gasteiger charge is -2.08. The first-order valence-corrected chi connectivity index (χ1v) is 8.20. The minimum absolute atomic E-state index is 0.280. The minimum Gasteiger partial charge on any atom is -0.338 e. The normalized spacial score (nSPS) is 11.7. The number of hydrogen-bond donors (Lipinski definition) is 2. The van der Waals surface area contributed by atoms with Crippen LogP contribution in [-0.4, -0.2) is 31.6 Å². The second-order valence-corrected chi connectivity index (χ2v) is 6.54. The average molecular weight is 308 g/mol. The second-order valence-electron chi connectivity index (χ2n) is 4.78. The number of sulfonamides is 1. The molecule has 0 atom stereocenters. The highest BCUT2D eigenvalue weighted by molar-refractivity contribution is 7.89. The summed E-state index contributed by atoms with van der Waals surface area (Å²) in [5.74, 6) is 0.849. The molecule has 114 valence electrons. The van der Waals surface area contributed by atoms with Gasteiger partial charge in [-0.2, -0.15) is 0 Å². The van der Waals surface area contributed by atoms with E-state index in [0.29, 0.717) is 19.5 Å². The monoisotopic (exact) mass is 308 g/mol. The van der Waals surface area contributed by atoms with Crippen LogP contribution in [0.5, 0.6) is 0 Å². The van der Waals surface area contributed by atoms with E-state index in [1.165, 1.54) is 0 Å². The van der Waals surface area contributed by atoms with Crippen molar-refractivity contribution in [2.45, 2.75) is 17.9 Å². The second kappa shape index (κ2) is 6.84. The summed E-state index contributed by atoms with van der Waals surface area (Å²) in [5, 5.41) is 3.02. The van der Waals surface area contributed by atoms with Crippen LogP contribution >= 0.6 is 0 Å². The first-order valence-electron chi connectivity index (χ1n) is 6.72. The SMILES string of the molecule is CNCc1ccc(S(=O)(=O)NCCc2nccn2C)cc1. The van der Waals surface area contributed by atoms with Gasteiger partial charge >= 0.3 is 0 Å². The van der Waals surface area contributed by atoms with Gasteiger partial charge in [-0.3, -0.25) is 0 Å². The van der Waals surface area contributed by atoms with Crippen molar-refractivity contribution < 1.29 is 8.42 Å². The van der Waals surface area contributed by atoms with Gasteiger partial charge in [-0.25, -0.2) is 18.1 Å². The van der Waals surface area contributed by atoms with Crippen molar-refractivity contribution >= 4 is 10.0 Å². The number of aryl methyl sites for hydroxylation is 1. The summed E-state index contributed by atoms with van der Waals surface area (Å²) in [7, 11) is 0.272. The molecule has 0 fully saturated rings. The lowest BCUT2D eigenvalue weighted by Crippen LogP contribution is -2.26. The average Bonchev–Trinajstić information content (AvgIpc) is 2.85. The molecule has 0 bridgehead atoms. The number of nitrogens with zero attached hydrogens (tertiary/aromatic N) is 2. The van der Waals surface area contributed by atoms with E-state index in [4.69, 9.17) is 0 Å². The van der Waals surface area contributed by atoms with Gasteiger partial charge in [0.2, 0.25) is 10.0 Å². The number of rotatable bonds is 7. The summed E-state index contributed by atoms with van der Waals surface area (Å²) >= 11 is 0. The van der Waals surface area contributed by atoms with Crippen molar-refractivity contribution in [3.63, 3.8) is 0 Å². The van der Waals surface area contributed by atoms with Gasteiger partial charge < -0.3 is 9.88 Å². The van der Waals surface area contributed by atoms with E-state index in [9.17, 15) is 8.42 Å². The third-order valence-electron chi connectivity index (χ3n) is 3.18. The fourth-order valence-corrected chi connectivity index (χ4v) is 3.04. The zero-order valence-corrected chi connectivity index (χ0v) is 13.0. The Hall–Kier alpha value is -1.70. The largest absolute Gasteiger partial charge is 0.338 e. The summed E-state index contributed by atoms with van der Waals surface area (Å²) in [5.41, 5.74) is 1.05. The van der Waals surface area contributed by atoms with Crippen LogP contribution in [0.25, 0.3) is 0 Å². The van der Waals surface area contributed by atoms with Gasteiger partial charge in [0.15, 0.2) is 0 Å². The van der Waals surface area contributed by atoms with Crippen LogP contribution < -0.4 is 10.0 Å². The van der Waals surface area contributed by atoms with Crippen molar-refractivity contribution in [3.05, 3.63) is 48.0 Å². The van der Waals surface area contributed by atoms with E-state index in [2.05, 4.69) is 15.0 Å². The van der Waals surface area contributed by atoms with Gasteiger partial charge in [0.25, 0.3) is 0 Å². The molecule has 7 heteroatoms. The maximum absolute atomic E-state index is 12.2. The Morgan fingerprint density at radius 3 is 2.52 bits per heavy atom. The van der Waals surface area contributed by atoms with Gasteiger partial charge in [-0.05, 0) is 24.7 Å². The Bertz CT molecular complexity index is 677. The number of hydrogen-bond acceptors (Lipinski definition) is 4. The summed E-state index contributed by atoms with van der Waals surface area (Å²) in [6.45, 7) is 1.04.